The Kier molecular flexibility index (Phi) is 5.68. The lowest BCUT2D eigenvalue weighted by Crippen LogP contribution is -2.21. The molecule has 0 spiro atoms. The van der Waals surface area contributed by atoms with Gasteiger partial charge in [0.2, 0.25) is 5.95 Å². The number of nitrogens with two attached hydrogens (primary N) is 1. The number of hydrogen-bond acceptors (Lipinski definition) is 7. The second kappa shape index (κ2) is 8.57. The fourth-order valence-corrected chi connectivity index (χ4v) is 3.27. The molecule has 0 bridgehead atoms. The van der Waals surface area contributed by atoms with Gasteiger partial charge >= 0.3 is 0 Å². The maximum absolute atomic E-state index is 13.8. The number of nitrogens with one attached hydrogen (secondary N) is 1. The molecular weight excluding hydrogens is 397 g/mol. The van der Waals surface area contributed by atoms with Gasteiger partial charge in [-0.25, -0.2) is 14.1 Å². The molecule has 31 heavy (non-hydrogen) atoms. The average molecular weight is 421 g/mol. The van der Waals surface area contributed by atoms with Crippen LogP contribution in [-0.4, -0.2) is 58.9 Å². The summed E-state index contributed by atoms with van der Waals surface area (Å²) < 4.78 is 20.6. The number of halogens is 1. The standard InChI is InChI=1S/C22H24FN7O/c1-29(2)11-10-25-22-26-19(14-6-4-9-17(12-14)31-3)18-20(24)30(28-21(18)27-22)16-8-5-7-15(23)13-16/h4-9,12-13H,10-11,24H2,1-3H3,(H,25,27,28). The summed E-state index contributed by atoms with van der Waals surface area (Å²) >= 11 is 0. The maximum Gasteiger partial charge on any atom is 0.225 e. The molecule has 8 nitrogen and oxygen atoms in total. The minimum Gasteiger partial charge on any atom is -0.497 e. The van der Waals surface area contributed by atoms with Gasteiger partial charge < -0.3 is 20.7 Å². The Bertz CT molecular complexity index is 1220. The van der Waals surface area contributed by atoms with Crippen LogP contribution >= 0.6 is 0 Å². The number of likely N-dealkylation sites (N-methyl/N-ethyl adjacent to an activating group) is 1. The van der Waals surface area contributed by atoms with Crippen LogP contribution in [0.3, 0.4) is 0 Å². The van der Waals surface area contributed by atoms with Crippen molar-refractivity contribution in [3.8, 4) is 22.7 Å². The Morgan fingerprint density at radius 1 is 1.13 bits per heavy atom. The van der Waals surface area contributed by atoms with E-state index in [0.717, 1.165) is 12.1 Å². The molecule has 0 amide bonds. The van der Waals surface area contributed by atoms with Gasteiger partial charge in [0.25, 0.3) is 0 Å². The average Bonchev–Trinajstić information content (AvgIpc) is 3.09. The minimum atomic E-state index is -0.374. The summed E-state index contributed by atoms with van der Waals surface area (Å²) in [6, 6.07) is 13.6. The smallest absolute Gasteiger partial charge is 0.225 e. The SMILES string of the molecule is COc1cccc(-c2nc(NCCN(C)C)nc3nn(-c4cccc(F)c4)c(N)c23)c1. The Morgan fingerprint density at radius 2 is 1.94 bits per heavy atom. The lowest BCUT2D eigenvalue weighted by molar-refractivity contribution is 0.415. The molecule has 0 saturated heterocycles. The van der Waals surface area contributed by atoms with E-state index in [4.69, 9.17) is 15.5 Å². The van der Waals surface area contributed by atoms with Gasteiger partial charge in [-0.05, 0) is 44.4 Å². The van der Waals surface area contributed by atoms with Gasteiger partial charge in [0, 0.05) is 18.7 Å². The van der Waals surface area contributed by atoms with Crippen LogP contribution in [0.5, 0.6) is 5.75 Å². The molecule has 0 unspecified atom stereocenters. The fourth-order valence-electron chi connectivity index (χ4n) is 3.27. The largest absolute Gasteiger partial charge is 0.497 e. The molecule has 2 heterocycles. The van der Waals surface area contributed by atoms with Crippen LogP contribution < -0.4 is 15.8 Å². The predicted molar refractivity (Wildman–Crippen MR) is 120 cm³/mol. The quantitative estimate of drug-likeness (QED) is 0.473. The zero-order chi connectivity index (χ0) is 22.0. The second-order valence-corrected chi connectivity index (χ2v) is 7.33. The molecule has 2 aromatic heterocycles. The summed E-state index contributed by atoms with van der Waals surface area (Å²) in [5, 5.41) is 8.38. The van der Waals surface area contributed by atoms with Gasteiger partial charge in [0.1, 0.15) is 17.4 Å². The molecule has 2 aromatic carbocycles. The van der Waals surface area contributed by atoms with E-state index in [2.05, 4.69) is 20.3 Å². The summed E-state index contributed by atoms with van der Waals surface area (Å²) in [4.78, 5) is 11.3. The van der Waals surface area contributed by atoms with Crippen molar-refractivity contribution in [1.82, 2.24) is 24.6 Å². The van der Waals surface area contributed by atoms with E-state index in [0.29, 0.717) is 46.5 Å². The minimum absolute atomic E-state index is 0.332. The number of anilines is 2. The highest BCUT2D eigenvalue weighted by Gasteiger charge is 2.19. The Labute approximate surface area is 179 Å². The topological polar surface area (TPSA) is 94.1 Å². The highest BCUT2D eigenvalue weighted by molar-refractivity contribution is 5.99. The van der Waals surface area contributed by atoms with Crippen molar-refractivity contribution in [2.75, 3.05) is 45.3 Å². The molecule has 0 aliphatic carbocycles. The monoisotopic (exact) mass is 421 g/mol. The number of methoxy groups -OCH3 is 1. The van der Waals surface area contributed by atoms with Crippen molar-refractivity contribution in [2.24, 2.45) is 0 Å². The zero-order valence-corrected chi connectivity index (χ0v) is 17.6. The number of nitrogen functional groups attached to an aromatic ring is 1. The second-order valence-electron chi connectivity index (χ2n) is 7.33. The van der Waals surface area contributed by atoms with Gasteiger partial charge in [-0.3, -0.25) is 0 Å². The van der Waals surface area contributed by atoms with E-state index in [1.54, 1.807) is 19.2 Å². The van der Waals surface area contributed by atoms with Crippen LogP contribution in [0.25, 0.3) is 28.0 Å². The Morgan fingerprint density at radius 3 is 2.68 bits per heavy atom. The first-order valence-electron chi connectivity index (χ1n) is 9.81. The molecule has 9 heteroatoms. The molecule has 4 rings (SSSR count). The molecule has 160 valence electrons. The zero-order valence-electron chi connectivity index (χ0n) is 17.6. The molecular formula is C22H24FN7O. The number of fused-ring (bicyclic) bond motifs is 1. The molecule has 3 N–H and O–H groups in total. The van der Waals surface area contributed by atoms with E-state index in [9.17, 15) is 4.39 Å². The normalized spacial score (nSPS) is 11.3. The summed E-state index contributed by atoms with van der Waals surface area (Å²) in [6.07, 6.45) is 0. The molecule has 0 aliphatic heterocycles. The van der Waals surface area contributed by atoms with Crippen LogP contribution in [0.15, 0.2) is 48.5 Å². The van der Waals surface area contributed by atoms with Crippen molar-refractivity contribution < 1.29 is 9.13 Å². The maximum atomic E-state index is 13.8. The van der Waals surface area contributed by atoms with Crippen LogP contribution in [0.1, 0.15) is 0 Å². The predicted octanol–water partition coefficient (Wildman–Crippen LogP) is 3.19. The first-order valence-corrected chi connectivity index (χ1v) is 9.81. The van der Waals surface area contributed by atoms with Crippen molar-refractivity contribution in [3.63, 3.8) is 0 Å². The molecule has 0 radical (unpaired) electrons. The number of nitrogens with zero attached hydrogens (tertiary/aromatic N) is 5. The lowest BCUT2D eigenvalue weighted by atomic mass is 10.1. The third-order valence-electron chi connectivity index (χ3n) is 4.81. The Balaban J connectivity index is 1.89. The van der Waals surface area contributed by atoms with E-state index < -0.39 is 0 Å². The first-order chi connectivity index (χ1) is 15.0. The van der Waals surface area contributed by atoms with E-state index in [1.165, 1.54) is 16.8 Å². The fraction of sp³-hybridized carbons (Fsp3) is 0.227. The summed E-state index contributed by atoms with van der Waals surface area (Å²) in [5.41, 5.74) is 8.82. The van der Waals surface area contributed by atoms with Gasteiger partial charge in [-0.2, -0.15) is 4.98 Å². The van der Waals surface area contributed by atoms with Crippen molar-refractivity contribution >= 4 is 22.8 Å². The lowest BCUT2D eigenvalue weighted by Gasteiger charge is -2.12. The molecule has 4 aromatic rings. The number of benzene rings is 2. The third-order valence-corrected chi connectivity index (χ3v) is 4.81. The highest BCUT2D eigenvalue weighted by atomic mass is 19.1. The number of rotatable bonds is 7. The molecule has 0 fully saturated rings. The number of ether oxygens (including phenoxy) is 1. The van der Waals surface area contributed by atoms with E-state index >= 15 is 0 Å². The highest BCUT2D eigenvalue weighted by Crippen LogP contribution is 2.34. The first kappa shape index (κ1) is 20.5. The van der Waals surface area contributed by atoms with Crippen LogP contribution in [0.4, 0.5) is 16.2 Å². The van der Waals surface area contributed by atoms with Crippen LogP contribution in [0.2, 0.25) is 0 Å². The van der Waals surface area contributed by atoms with Gasteiger partial charge in [-0.15, -0.1) is 5.10 Å². The van der Waals surface area contributed by atoms with E-state index in [1.807, 2.05) is 38.4 Å². The van der Waals surface area contributed by atoms with Crippen LogP contribution in [0, 0.1) is 5.82 Å². The van der Waals surface area contributed by atoms with Gasteiger partial charge in [-0.1, -0.05) is 18.2 Å². The molecule has 0 saturated carbocycles. The van der Waals surface area contributed by atoms with Crippen molar-refractivity contribution in [2.45, 2.75) is 0 Å². The van der Waals surface area contributed by atoms with Gasteiger partial charge in [0.15, 0.2) is 5.65 Å². The van der Waals surface area contributed by atoms with Gasteiger partial charge in [0.05, 0.1) is 23.9 Å². The number of hydrogen-bond donors (Lipinski definition) is 2. The van der Waals surface area contributed by atoms with Crippen molar-refractivity contribution in [1.29, 1.82) is 0 Å². The summed E-state index contributed by atoms with van der Waals surface area (Å²) in [6.45, 7) is 1.48. The summed E-state index contributed by atoms with van der Waals surface area (Å²) in [5.74, 6) is 1.10. The third kappa shape index (κ3) is 4.26. The summed E-state index contributed by atoms with van der Waals surface area (Å²) in [7, 11) is 5.60. The molecule has 0 aliphatic rings. The van der Waals surface area contributed by atoms with Crippen LogP contribution in [-0.2, 0) is 0 Å². The Hall–Kier alpha value is -3.72. The van der Waals surface area contributed by atoms with E-state index in [-0.39, 0.29) is 5.82 Å². The number of aromatic nitrogens is 4. The molecule has 0 atom stereocenters. The van der Waals surface area contributed by atoms with Crippen molar-refractivity contribution in [3.05, 3.63) is 54.3 Å².